The standard InChI is InChI=1S/C26H28N4O3/c1-6-23(32)27-19-11-8-12-20(14-19)28-24-25(33)30(5)16-21(29-24)15-22(31)17-9-7-10-18(13-17)26(2,3)4/h6-14,16H,1,15H2,2-5H3,(H,27,32)(H,28,29). The summed E-state index contributed by atoms with van der Waals surface area (Å²) >= 11 is 0. The number of hydrogen-bond acceptors (Lipinski definition) is 5. The first kappa shape index (κ1) is 23.7. The van der Waals surface area contributed by atoms with Gasteiger partial charge in [-0.2, -0.15) is 0 Å². The lowest BCUT2D eigenvalue weighted by Crippen LogP contribution is -2.23. The van der Waals surface area contributed by atoms with Crippen LogP contribution in [-0.2, 0) is 23.7 Å². The summed E-state index contributed by atoms with van der Waals surface area (Å²) in [4.78, 5) is 41.5. The molecule has 0 fully saturated rings. The minimum atomic E-state index is -0.336. The smallest absolute Gasteiger partial charge is 0.293 e. The number of aryl methyl sites for hydroxylation is 1. The Morgan fingerprint density at radius 1 is 1.09 bits per heavy atom. The highest BCUT2D eigenvalue weighted by molar-refractivity contribution is 5.99. The molecule has 170 valence electrons. The lowest BCUT2D eigenvalue weighted by atomic mass is 9.85. The van der Waals surface area contributed by atoms with Crippen LogP contribution >= 0.6 is 0 Å². The van der Waals surface area contributed by atoms with E-state index in [-0.39, 0.29) is 34.9 Å². The van der Waals surface area contributed by atoms with Gasteiger partial charge in [-0.1, -0.05) is 51.6 Å². The molecule has 0 aliphatic rings. The zero-order chi connectivity index (χ0) is 24.2. The third kappa shape index (κ3) is 6.04. The number of carbonyl (C=O) groups excluding carboxylic acids is 2. The van der Waals surface area contributed by atoms with Crippen molar-refractivity contribution in [2.24, 2.45) is 7.05 Å². The summed E-state index contributed by atoms with van der Waals surface area (Å²) < 4.78 is 1.40. The van der Waals surface area contributed by atoms with E-state index in [0.29, 0.717) is 22.6 Å². The minimum absolute atomic E-state index is 0.0613. The number of nitrogens with zero attached hydrogens (tertiary/aromatic N) is 2. The topological polar surface area (TPSA) is 93.1 Å². The molecule has 0 atom stereocenters. The molecule has 0 saturated carbocycles. The number of ketones is 1. The van der Waals surface area contributed by atoms with Crippen molar-refractivity contribution in [3.05, 3.63) is 94.6 Å². The SMILES string of the molecule is C=CC(=O)Nc1cccc(Nc2nc(CC(=O)c3cccc(C(C)(C)C)c3)cn(C)c2=O)c1. The summed E-state index contributed by atoms with van der Waals surface area (Å²) in [5.74, 6) is -0.317. The molecule has 7 heteroatoms. The number of carbonyl (C=O) groups is 2. The Hall–Kier alpha value is -4.00. The third-order valence-corrected chi connectivity index (χ3v) is 5.09. The average molecular weight is 445 g/mol. The molecule has 0 spiro atoms. The Bertz CT molecular complexity index is 1270. The average Bonchev–Trinajstić information content (AvgIpc) is 2.76. The Kier molecular flexibility index (Phi) is 6.92. The van der Waals surface area contributed by atoms with Gasteiger partial charge in [0.05, 0.1) is 12.1 Å². The Morgan fingerprint density at radius 3 is 2.48 bits per heavy atom. The molecular weight excluding hydrogens is 416 g/mol. The summed E-state index contributed by atoms with van der Waals surface area (Å²) in [5.41, 5.74) is 2.88. The van der Waals surface area contributed by atoms with Gasteiger partial charge in [0.15, 0.2) is 11.6 Å². The van der Waals surface area contributed by atoms with Crippen molar-refractivity contribution in [2.75, 3.05) is 10.6 Å². The van der Waals surface area contributed by atoms with Gasteiger partial charge in [0.25, 0.3) is 5.56 Å². The van der Waals surface area contributed by atoms with Crippen molar-refractivity contribution in [1.29, 1.82) is 0 Å². The van der Waals surface area contributed by atoms with Crippen LogP contribution in [0.1, 0.15) is 42.4 Å². The van der Waals surface area contributed by atoms with Gasteiger partial charge in [0.2, 0.25) is 5.91 Å². The Labute approximate surface area is 193 Å². The molecule has 3 rings (SSSR count). The maximum absolute atomic E-state index is 12.9. The van der Waals surface area contributed by atoms with Crippen LogP contribution in [0.25, 0.3) is 0 Å². The fraction of sp³-hybridized carbons (Fsp3) is 0.231. The van der Waals surface area contributed by atoms with Crippen LogP contribution in [0, 0.1) is 0 Å². The number of rotatable bonds is 7. The molecule has 0 radical (unpaired) electrons. The van der Waals surface area contributed by atoms with E-state index in [1.54, 1.807) is 43.6 Å². The molecule has 0 aliphatic heterocycles. The monoisotopic (exact) mass is 444 g/mol. The van der Waals surface area contributed by atoms with Crippen molar-refractivity contribution in [3.8, 4) is 0 Å². The molecule has 3 aromatic rings. The summed E-state index contributed by atoms with van der Waals surface area (Å²) in [5, 5.41) is 5.66. The van der Waals surface area contributed by atoms with Gasteiger partial charge in [-0.25, -0.2) is 4.98 Å². The van der Waals surface area contributed by atoms with Crippen LogP contribution in [0.4, 0.5) is 17.2 Å². The van der Waals surface area contributed by atoms with Crippen LogP contribution < -0.4 is 16.2 Å². The number of benzene rings is 2. The van der Waals surface area contributed by atoms with Crippen molar-refractivity contribution >= 4 is 28.9 Å². The van der Waals surface area contributed by atoms with Crippen molar-refractivity contribution in [1.82, 2.24) is 9.55 Å². The first-order chi connectivity index (χ1) is 15.6. The number of anilines is 3. The largest absolute Gasteiger partial charge is 0.336 e. The second-order valence-electron chi connectivity index (χ2n) is 8.83. The molecule has 0 unspecified atom stereocenters. The summed E-state index contributed by atoms with van der Waals surface area (Å²) in [6.45, 7) is 9.73. The number of amides is 1. The number of Topliss-reactive ketones (excluding diaryl/α,β-unsaturated/α-hetero) is 1. The second-order valence-corrected chi connectivity index (χ2v) is 8.83. The van der Waals surface area contributed by atoms with Gasteiger partial charge in [0, 0.05) is 30.2 Å². The van der Waals surface area contributed by atoms with Gasteiger partial charge in [-0.15, -0.1) is 0 Å². The van der Waals surface area contributed by atoms with E-state index in [1.165, 1.54) is 10.6 Å². The van der Waals surface area contributed by atoms with Crippen molar-refractivity contribution in [3.63, 3.8) is 0 Å². The molecule has 2 N–H and O–H groups in total. The number of aromatic nitrogens is 2. The van der Waals surface area contributed by atoms with Crippen molar-refractivity contribution < 1.29 is 9.59 Å². The van der Waals surface area contributed by atoms with E-state index in [9.17, 15) is 14.4 Å². The van der Waals surface area contributed by atoms with E-state index < -0.39 is 0 Å². The molecule has 0 aliphatic carbocycles. The van der Waals surface area contributed by atoms with Gasteiger partial charge >= 0.3 is 0 Å². The van der Waals surface area contributed by atoms with E-state index >= 15 is 0 Å². The maximum Gasteiger partial charge on any atom is 0.293 e. The summed E-state index contributed by atoms with van der Waals surface area (Å²) in [6.07, 6.45) is 2.81. The predicted octanol–water partition coefficient (Wildman–Crippen LogP) is 4.37. The molecule has 1 heterocycles. The lowest BCUT2D eigenvalue weighted by molar-refractivity contribution is -0.111. The second kappa shape index (κ2) is 9.65. The molecule has 0 saturated heterocycles. The predicted molar refractivity (Wildman–Crippen MR) is 131 cm³/mol. The number of hydrogen-bond donors (Lipinski definition) is 2. The highest BCUT2D eigenvalue weighted by atomic mass is 16.1. The van der Waals surface area contributed by atoms with Gasteiger partial charge in [-0.05, 0) is 41.3 Å². The van der Waals surface area contributed by atoms with E-state index in [0.717, 1.165) is 5.56 Å². The fourth-order valence-corrected chi connectivity index (χ4v) is 3.27. The molecule has 1 amide bonds. The molecule has 1 aromatic heterocycles. The fourth-order valence-electron chi connectivity index (χ4n) is 3.27. The number of nitrogens with one attached hydrogen (secondary N) is 2. The van der Waals surface area contributed by atoms with E-state index in [1.807, 2.05) is 18.2 Å². The van der Waals surface area contributed by atoms with Crippen LogP contribution in [0.2, 0.25) is 0 Å². The molecule has 0 bridgehead atoms. The zero-order valence-corrected chi connectivity index (χ0v) is 19.3. The van der Waals surface area contributed by atoms with Crippen LogP contribution in [0.5, 0.6) is 0 Å². The highest BCUT2D eigenvalue weighted by Gasteiger charge is 2.17. The summed E-state index contributed by atoms with van der Waals surface area (Å²) in [7, 11) is 1.62. The normalized spacial score (nSPS) is 11.0. The molecule has 33 heavy (non-hydrogen) atoms. The van der Waals surface area contributed by atoms with E-state index in [2.05, 4.69) is 43.0 Å². The Morgan fingerprint density at radius 2 is 1.79 bits per heavy atom. The third-order valence-electron chi connectivity index (χ3n) is 5.09. The van der Waals surface area contributed by atoms with Crippen LogP contribution in [-0.4, -0.2) is 21.2 Å². The van der Waals surface area contributed by atoms with Gasteiger partial charge < -0.3 is 15.2 Å². The van der Waals surface area contributed by atoms with E-state index in [4.69, 9.17) is 0 Å². The lowest BCUT2D eigenvalue weighted by Gasteiger charge is -2.19. The molecular formula is C26H28N4O3. The van der Waals surface area contributed by atoms with Crippen LogP contribution in [0.15, 0.2) is 72.2 Å². The Balaban J connectivity index is 1.84. The summed E-state index contributed by atoms with van der Waals surface area (Å²) in [6, 6.07) is 14.5. The zero-order valence-electron chi connectivity index (χ0n) is 19.3. The van der Waals surface area contributed by atoms with Crippen LogP contribution in [0.3, 0.4) is 0 Å². The quantitative estimate of drug-likeness (QED) is 0.417. The van der Waals surface area contributed by atoms with Gasteiger partial charge in [-0.3, -0.25) is 14.4 Å². The molecule has 7 nitrogen and oxygen atoms in total. The van der Waals surface area contributed by atoms with Crippen molar-refractivity contribution in [2.45, 2.75) is 32.6 Å². The first-order valence-electron chi connectivity index (χ1n) is 10.6. The maximum atomic E-state index is 12.9. The molecule has 2 aromatic carbocycles. The minimum Gasteiger partial charge on any atom is -0.336 e. The first-order valence-corrected chi connectivity index (χ1v) is 10.6. The van der Waals surface area contributed by atoms with Gasteiger partial charge in [0.1, 0.15) is 0 Å². The highest BCUT2D eigenvalue weighted by Crippen LogP contribution is 2.23.